The maximum absolute atomic E-state index is 10.5. The molecule has 1 aliphatic carbocycles. The second-order valence-corrected chi connectivity index (χ2v) is 7.84. The summed E-state index contributed by atoms with van der Waals surface area (Å²) in [5.74, 6) is 0.245. The lowest BCUT2D eigenvalue weighted by molar-refractivity contribution is -0.00199. The Morgan fingerprint density at radius 1 is 1.30 bits per heavy atom. The van der Waals surface area contributed by atoms with Crippen LogP contribution in [0.15, 0.2) is 36.9 Å². The van der Waals surface area contributed by atoms with Crippen molar-refractivity contribution in [1.82, 2.24) is 29.2 Å². The van der Waals surface area contributed by atoms with Gasteiger partial charge in [0.2, 0.25) is 11.8 Å². The van der Waals surface area contributed by atoms with Crippen molar-refractivity contribution in [2.45, 2.75) is 50.7 Å². The van der Waals surface area contributed by atoms with Crippen molar-refractivity contribution in [3.05, 3.63) is 36.9 Å². The zero-order valence-electron chi connectivity index (χ0n) is 19.6. The number of hydrogen-bond donors (Lipinski definition) is 2. The number of fused-ring (bicyclic) bond motifs is 2. The minimum Gasteiger partial charge on any atom is -0.479 e. The smallest absolute Gasteiger partial charge is 0.244 e. The monoisotopic (exact) mass is 410 g/mol. The van der Waals surface area contributed by atoms with Crippen molar-refractivity contribution in [3.8, 4) is 17.0 Å². The number of ether oxygens (including phenoxy) is 1. The lowest BCUT2D eigenvalue weighted by atomic mass is 9.80. The summed E-state index contributed by atoms with van der Waals surface area (Å²) in [6, 6.07) is 5.62. The summed E-state index contributed by atoms with van der Waals surface area (Å²) in [5.41, 5.74) is 2.04. The SMILES string of the molecule is [2H]C([2H])([2H])Oc1nc(NC2CCC(O)(CC)CC2)nn2ccc(-c3ccc4ncnn4c3)c12. The number of pyridine rings is 1. The van der Waals surface area contributed by atoms with E-state index in [-0.39, 0.29) is 17.9 Å². The van der Waals surface area contributed by atoms with Crippen LogP contribution in [0.5, 0.6) is 5.88 Å². The van der Waals surface area contributed by atoms with Gasteiger partial charge in [-0.3, -0.25) is 0 Å². The van der Waals surface area contributed by atoms with Gasteiger partial charge >= 0.3 is 0 Å². The number of anilines is 1. The molecule has 4 aromatic rings. The predicted molar refractivity (Wildman–Crippen MR) is 113 cm³/mol. The number of aromatic nitrogens is 6. The molecule has 0 atom stereocenters. The van der Waals surface area contributed by atoms with E-state index in [0.29, 0.717) is 29.6 Å². The molecule has 2 N–H and O–H groups in total. The summed E-state index contributed by atoms with van der Waals surface area (Å²) in [7, 11) is -2.67. The third-order valence-corrected chi connectivity index (χ3v) is 6.07. The van der Waals surface area contributed by atoms with Crippen LogP contribution in [0, 0.1) is 0 Å². The standard InChI is InChI=1S/C21H25N7O2/c1-3-21(29)9-6-15(7-10-21)24-20-25-19(30-2)18-16(8-11-27(18)26-20)14-4-5-17-22-13-23-28(17)12-14/h4-5,8,11-13,15,29H,3,6-7,9-10H2,1-2H3,(H,24,26)/i2D3. The number of methoxy groups -OCH3 is 1. The van der Waals surface area contributed by atoms with Gasteiger partial charge in [-0.1, -0.05) is 6.92 Å². The fraction of sp³-hybridized carbons (Fsp3) is 0.429. The Labute approximate surface area is 177 Å². The molecule has 0 bridgehead atoms. The van der Waals surface area contributed by atoms with Crippen LogP contribution < -0.4 is 10.1 Å². The van der Waals surface area contributed by atoms with E-state index >= 15 is 0 Å². The fourth-order valence-corrected chi connectivity index (χ4v) is 4.17. The topological polar surface area (TPSA) is 102 Å². The quantitative estimate of drug-likeness (QED) is 0.521. The minimum atomic E-state index is -2.67. The largest absolute Gasteiger partial charge is 0.479 e. The van der Waals surface area contributed by atoms with E-state index in [0.717, 1.165) is 24.8 Å². The summed E-state index contributed by atoms with van der Waals surface area (Å²) in [6.45, 7) is 1.99. The number of nitrogens with one attached hydrogen (secondary N) is 1. The van der Waals surface area contributed by atoms with E-state index in [2.05, 4.69) is 25.5 Å². The van der Waals surface area contributed by atoms with Crippen LogP contribution in [0.4, 0.5) is 5.95 Å². The molecule has 1 aliphatic rings. The first-order chi connectivity index (χ1) is 15.7. The average molecular weight is 410 g/mol. The first-order valence-electron chi connectivity index (χ1n) is 11.6. The lowest BCUT2D eigenvalue weighted by Gasteiger charge is -2.35. The Kier molecular flexibility index (Phi) is 3.77. The highest BCUT2D eigenvalue weighted by atomic mass is 16.5. The Hall–Kier alpha value is -3.20. The highest BCUT2D eigenvalue weighted by molar-refractivity contribution is 5.84. The van der Waals surface area contributed by atoms with Gasteiger partial charge in [0.05, 0.1) is 16.8 Å². The van der Waals surface area contributed by atoms with Crippen LogP contribution in [-0.4, -0.2) is 53.0 Å². The van der Waals surface area contributed by atoms with E-state index in [4.69, 9.17) is 8.85 Å². The number of rotatable bonds is 5. The zero-order chi connectivity index (χ0) is 23.2. The molecule has 0 saturated heterocycles. The van der Waals surface area contributed by atoms with E-state index in [9.17, 15) is 5.11 Å². The average Bonchev–Trinajstić information content (AvgIpc) is 3.41. The Balaban J connectivity index is 1.51. The van der Waals surface area contributed by atoms with Gasteiger partial charge in [0, 0.05) is 29.6 Å². The van der Waals surface area contributed by atoms with Gasteiger partial charge in [-0.25, -0.2) is 14.0 Å². The normalized spacial score (nSPS) is 23.8. The van der Waals surface area contributed by atoms with Gasteiger partial charge in [0.15, 0.2) is 5.65 Å². The molecule has 9 heteroatoms. The van der Waals surface area contributed by atoms with Crippen LogP contribution >= 0.6 is 0 Å². The van der Waals surface area contributed by atoms with Gasteiger partial charge in [-0.15, -0.1) is 5.10 Å². The minimum absolute atomic E-state index is 0.0351. The summed E-state index contributed by atoms with van der Waals surface area (Å²) in [5, 5.41) is 22.5. The highest BCUT2D eigenvalue weighted by Crippen LogP contribution is 2.34. The van der Waals surface area contributed by atoms with Crippen molar-refractivity contribution in [3.63, 3.8) is 0 Å². The molecule has 9 nitrogen and oxygen atoms in total. The van der Waals surface area contributed by atoms with Gasteiger partial charge in [0.1, 0.15) is 11.8 Å². The summed E-state index contributed by atoms with van der Waals surface area (Å²) in [6.07, 6.45) is 8.68. The zero-order valence-corrected chi connectivity index (χ0v) is 16.6. The van der Waals surface area contributed by atoms with Crippen LogP contribution in [0.25, 0.3) is 22.3 Å². The third kappa shape index (κ3) is 3.24. The van der Waals surface area contributed by atoms with Crippen LogP contribution in [0.2, 0.25) is 0 Å². The maximum Gasteiger partial charge on any atom is 0.244 e. The van der Waals surface area contributed by atoms with Gasteiger partial charge in [-0.05, 0) is 50.3 Å². The molecule has 1 fully saturated rings. The molecule has 0 radical (unpaired) electrons. The number of aliphatic hydroxyl groups is 1. The second kappa shape index (κ2) is 7.24. The van der Waals surface area contributed by atoms with Crippen molar-refractivity contribution in [2.75, 3.05) is 12.4 Å². The molecule has 0 spiro atoms. The van der Waals surface area contributed by atoms with E-state index < -0.39 is 12.6 Å². The van der Waals surface area contributed by atoms with Crippen molar-refractivity contribution >= 4 is 17.1 Å². The van der Waals surface area contributed by atoms with Crippen LogP contribution in [0.3, 0.4) is 0 Å². The molecular formula is C21H25N7O2. The lowest BCUT2D eigenvalue weighted by Crippen LogP contribution is -2.38. The summed E-state index contributed by atoms with van der Waals surface area (Å²) in [4.78, 5) is 8.57. The first kappa shape index (κ1) is 15.6. The van der Waals surface area contributed by atoms with E-state index in [1.54, 1.807) is 21.4 Å². The Bertz CT molecular complexity index is 1290. The molecule has 156 valence electrons. The highest BCUT2D eigenvalue weighted by Gasteiger charge is 2.31. The molecule has 0 aromatic carbocycles. The predicted octanol–water partition coefficient (Wildman–Crippen LogP) is 2.94. The molecular weight excluding hydrogens is 382 g/mol. The Morgan fingerprint density at radius 3 is 2.97 bits per heavy atom. The number of hydrogen-bond acceptors (Lipinski definition) is 7. The molecule has 5 rings (SSSR count). The fourth-order valence-electron chi connectivity index (χ4n) is 4.17. The molecule has 4 aromatic heterocycles. The van der Waals surface area contributed by atoms with Gasteiger partial charge in [0.25, 0.3) is 0 Å². The molecule has 0 unspecified atom stereocenters. The molecule has 30 heavy (non-hydrogen) atoms. The van der Waals surface area contributed by atoms with Gasteiger partial charge in [-0.2, -0.15) is 10.1 Å². The molecule has 0 amide bonds. The molecule has 0 aliphatic heterocycles. The molecule has 1 saturated carbocycles. The summed E-state index contributed by atoms with van der Waals surface area (Å²) < 4.78 is 31.4. The first-order valence-corrected chi connectivity index (χ1v) is 10.1. The third-order valence-electron chi connectivity index (χ3n) is 6.07. The maximum atomic E-state index is 10.5. The van der Waals surface area contributed by atoms with Crippen LogP contribution in [-0.2, 0) is 0 Å². The van der Waals surface area contributed by atoms with Crippen molar-refractivity contribution in [1.29, 1.82) is 0 Å². The number of nitrogens with zero attached hydrogens (tertiary/aromatic N) is 6. The van der Waals surface area contributed by atoms with E-state index in [1.165, 1.54) is 6.33 Å². The summed E-state index contributed by atoms with van der Waals surface area (Å²) >= 11 is 0. The van der Waals surface area contributed by atoms with Crippen molar-refractivity contribution in [2.24, 2.45) is 0 Å². The van der Waals surface area contributed by atoms with Crippen LogP contribution in [0.1, 0.15) is 43.1 Å². The van der Waals surface area contributed by atoms with Crippen molar-refractivity contribution < 1.29 is 14.0 Å². The van der Waals surface area contributed by atoms with Gasteiger partial charge < -0.3 is 15.2 Å². The Morgan fingerprint density at radius 2 is 2.17 bits per heavy atom. The second-order valence-electron chi connectivity index (χ2n) is 7.84. The molecule has 4 heterocycles. The van der Waals surface area contributed by atoms with E-state index in [1.807, 2.05) is 25.1 Å².